The Bertz CT molecular complexity index is 595. The van der Waals surface area contributed by atoms with E-state index in [2.05, 4.69) is 21.2 Å². The van der Waals surface area contributed by atoms with Crippen LogP contribution in [0.15, 0.2) is 48.5 Å². The number of hydrogen-bond donors (Lipinski definition) is 1. The van der Waals surface area contributed by atoms with Gasteiger partial charge in [0, 0.05) is 15.9 Å². The van der Waals surface area contributed by atoms with Crippen molar-refractivity contribution in [3.05, 3.63) is 70.2 Å². The maximum Gasteiger partial charge on any atom is 0.251 e. The second kappa shape index (κ2) is 7.62. The quantitative estimate of drug-likeness (QED) is 0.731. The average molecular weight is 367 g/mol. The van der Waals surface area contributed by atoms with Crippen LogP contribution in [-0.4, -0.2) is 5.91 Å². The van der Waals surface area contributed by atoms with E-state index in [4.69, 9.17) is 11.6 Å². The maximum atomic E-state index is 12.3. The number of amides is 1. The molecule has 0 aromatic heterocycles. The molecule has 0 aliphatic rings. The molecule has 0 saturated carbocycles. The Morgan fingerprint density at radius 3 is 2.29 bits per heavy atom. The van der Waals surface area contributed by atoms with Crippen molar-refractivity contribution in [3.63, 3.8) is 0 Å². The smallest absolute Gasteiger partial charge is 0.251 e. The Hall–Kier alpha value is -1.32. The van der Waals surface area contributed by atoms with E-state index in [0.29, 0.717) is 10.6 Å². The van der Waals surface area contributed by atoms with Gasteiger partial charge in [0.05, 0.1) is 6.04 Å². The van der Waals surface area contributed by atoms with Crippen molar-refractivity contribution >= 4 is 33.4 Å². The minimum absolute atomic E-state index is 0.00869. The minimum atomic E-state index is -0.0575. The summed E-state index contributed by atoms with van der Waals surface area (Å²) < 4.78 is 0. The first kappa shape index (κ1) is 16.1. The molecular weight excluding hydrogens is 350 g/mol. The molecule has 0 fully saturated rings. The van der Waals surface area contributed by atoms with Crippen molar-refractivity contribution in [2.24, 2.45) is 0 Å². The van der Waals surface area contributed by atoms with Gasteiger partial charge in [-0.15, -0.1) is 0 Å². The van der Waals surface area contributed by atoms with E-state index in [1.807, 2.05) is 55.5 Å². The largest absolute Gasteiger partial charge is 0.345 e. The molecule has 0 spiro atoms. The van der Waals surface area contributed by atoms with Crippen LogP contribution < -0.4 is 5.32 Å². The van der Waals surface area contributed by atoms with E-state index in [0.717, 1.165) is 22.9 Å². The van der Waals surface area contributed by atoms with Crippen molar-refractivity contribution in [2.75, 3.05) is 0 Å². The van der Waals surface area contributed by atoms with Crippen LogP contribution in [-0.2, 0) is 5.33 Å². The molecule has 0 radical (unpaired) electrons. The molecule has 1 atom stereocenters. The lowest BCUT2D eigenvalue weighted by atomic mass is 10.0. The van der Waals surface area contributed by atoms with Crippen molar-refractivity contribution in [2.45, 2.75) is 24.7 Å². The normalized spacial score (nSPS) is 12.0. The highest BCUT2D eigenvalue weighted by Crippen LogP contribution is 2.20. The highest BCUT2D eigenvalue weighted by Gasteiger charge is 2.14. The average Bonchev–Trinajstić information content (AvgIpc) is 2.53. The summed E-state index contributed by atoms with van der Waals surface area (Å²) in [7, 11) is 0. The van der Waals surface area contributed by atoms with Gasteiger partial charge in [-0.3, -0.25) is 4.79 Å². The van der Waals surface area contributed by atoms with Crippen LogP contribution in [0, 0.1) is 0 Å². The van der Waals surface area contributed by atoms with Gasteiger partial charge in [0.2, 0.25) is 0 Å². The van der Waals surface area contributed by atoms with Crippen molar-refractivity contribution in [1.82, 2.24) is 5.32 Å². The van der Waals surface area contributed by atoms with E-state index < -0.39 is 0 Å². The van der Waals surface area contributed by atoms with Crippen LogP contribution in [0.2, 0.25) is 5.02 Å². The molecule has 1 unspecified atom stereocenters. The highest BCUT2D eigenvalue weighted by atomic mass is 79.9. The molecule has 2 nitrogen and oxygen atoms in total. The first-order chi connectivity index (χ1) is 10.1. The zero-order valence-corrected chi connectivity index (χ0v) is 14.1. The van der Waals surface area contributed by atoms with E-state index >= 15 is 0 Å². The van der Waals surface area contributed by atoms with Crippen LogP contribution in [0.1, 0.15) is 40.9 Å². The lowest BCUT2D eigenvalue weighted by molar-refractivity contribution is 0.0935. The van der Waals surface area contributed by atoms with Crippen LogP contribution in [0.3, 0.4) is 0 Å². The van der Waals surface area contributed by atoms with Crippen molar-refractivity contribution in [3.8, 4) is 0 Å². The number of hydrogen-bond acceptors (Lipinski definition) is 1. The summed E-state index contributed by atoms with van der Waals surface area (Å²) in [6.45, 7) is 2.05. The number of alkyl halides is 1. The van der Waals surface area contributed by atoms with Crippen LogP contribution >= 0.6 is 27.5 Å². The predicted molar refractivity (Wildman–Crippen MR) is 91.0 cm³/mol. The number of carbonyl (C=O) groups excluding carboxylic acids is 1. The Labute approximate surface area is 138 Å². The molecule has 0 bridgehead atoms. The molecule has 2 rings (SSSR count). The molecule has 0 heterocycles. The van der Waals surface area contributed by atoms with Gasteiger partial charge >= 0.3 is 0 Å². The van der Waals surface area contributed by atoms with E-state index in [1.165, 1.54) is 0 Å². The summed E-state index contributed by atoms with van der Waals surface area (Å²) in [5.74, 6) is -0.0575. The van der Waals surface area contributed by atoms with Gasteiger partial charge in [-0.05, 0) is 41.8 Å². The summed E-state index contributed by atoms with van der Waals surface area (Å²) >= 11 is 9.29. The van der Waals surface area contributed by atoms with Gasteiger partial charge < -0.3 is 5.32 Å². The van der Waals surface area contributed by atoms with Crippen LogP contribution in [0.5, 0.6) is 0 Å². The fraction of sp³-hybridized carbons (Fsp3) is 0.235. The minimum Gasteiger partial charge on any atom is -0.345 e. The zero-order valence-electron chi connectivity index (χ0n) is 11.8. The van der Waals surface area contributed by atoms with Gasteiger partial charge in [0.25, 0.3) is 5.91 Å². The molecule has 110 valence electrons. The number of nitrogens with one attached hydrogen (secondary N) is 1. The molecule has 0 saturated heterocycles. The summed E-state index contributed by atoms with van der Waals surface area (Å²) in [6, 6.07) is 15.2. The van der Waals surface area contributed by atoms with E-state index in [-0.39, 0.29) is 11.9 Å². The molecule has 0 aliphatic carbocycles. The second-order valence-electron chi connectivity index (χ2n) is 4.82. The van der Waals surface area contributed by atoms with E-state index in [9.17, 15) is 4.79 Å². The van der Waals surface area contributed by atoms with Gasteiger partial charge in [-0.1, -0.05) is 58.7 Å². The van der Waals surface area contributed by atoms with Crippen LogP contribution in [0.25, 0.3) is 0 Å². The molecule has 0 aliphatic heterocycles. The number of benzene rings is 2. The molecular formula is C17H17BrClNO. The van der Waals surface area contributed by atoms with Crippen LogP contribution in [0.4, 0.5) is 0 Å². The summed E-state index contributed by atoms with van der Waals surface area (Å²) in [5, 5.41) is 4.55. The maximum absolute atomic E-state index is 12.3. The third-order valence-electron chi connectivity index (χ3n) is 3.36. The Kier molecular flexibility index (Phi) is 5.83. The molecule has 21 heavy (non-hydrogen) atoms. The first-order valence-electron chi connectivity index (χ1n) is 6.85. The topological polar surface area (TPSA) is 29.1 Å². The summed E-state index contributed by atoms with van der Waals surface area (Å²) in [4.78, 5) is 12.3. The SMILES string of the molecule is CCC(NC(=O)c1ccc(CBr)cc1)c1ccc(Cl)cc1. The van der Waals surface area contributed by atoms with Crippen molar-refractivity contribution in [1.29, 1.82) is 0 Å². The zero-order chi connectivity index (χ0) is 15.2. The van der Waals surface area contributed by atoms with Gasteiger partial charge in [-0.25, -0.2) is 0 Å². The Morgan fingerprint density at radius 1 is 1.14 bits per heavy atom. The Balaban J connectivity index is 2.10. The lowest BCUT2D eigenvalue weighted by Gasteiger charge is -2.17. The van der Waals surface area contributed by atoms with Gasteiger partial charge in [0.1, 0.15) is 0 Å². The van der Waals surface area contributed by atoms with E-state index in [1.54, 1.807) is 0 Å². The molecule has 1 amide bonds. The lowest BCUT2D eigenvalue weighted by Crippen LogP contribution is -2.28. The summed E-state index contributed by atoms with van der Waals surface area (Å²) in [6.07, 6.45) is 0.826. The molecule has 2 aromatic carbocycles. The fourth-order valence-corrected chi connectivity index (χ4v) is 2.60. The third kappa shape index (κ3) is 4.32. The monoisotopic (exact) mass is 365 g/mol. The van der Waals surface area contributed by atoms with Gasteiger partial charge in [-0.2, -0.15) is 0 Å². The summed E-state index contributed by atoms with van der Waals surface area (Å²) in [5.41, 5.74) is 2.88. The number of rotatable bonds is 5. The Morgan fingerprint density at radius 2 is 1.76 bits per heavy atom. The molecule has 4 heteroatoms. The standard InChI is InChI=1S/C17H17BrClNO/c1-2-16(13-7-9-15(19)10-8-13)20-17(21)14-5-3-12(11-18)4-6-14/h3-10,16H,2,11H2,1H3,(H,20,21). The van der Waals surface area contributed by atoms with Gasteiger partial charge in [0.15, 0.2) is 0 Å². The number of halogens is 2. The highest BCUT2D eigenvalue weighted by molar-refractivity contribution is 9.08. The van der Waals surface area contributed by atoms with Crippen molar-refractivity contribution < 1.29 is 4.79 Å². The fourth-order valence-electron chi connectivity index (χ4n) is 2.10. The number of carbonyl (C=O) groups is 1. The third-order valence-corrected chi connectivity index (χ3v) is 4.26. The second-order valence-corrected chi connectivity index (χ2v) is 5.81. The first-order valence-corrected chi connectivity index (χ1v) is 8.35. The molecule has 1 N–H and O–H groups in total. The predicted octanol–water partition coefficient (Wildman–Crippen LogP) is 5.12. The molecule has 2 aromatic rings.